The fourth-order valence-corrected chi connectivity index (χ4v) is 3.56. The van der Waals surface area contributed by atoms with Gasteiger partial charge in [0.25, 0.3) is 0 Å². The number of ether oxygens (including phenoxy) is 1. The summed E-state index contributed by atoms with van der Waals surface area (Å²) >= 11 is 0. The van der Waals surface area contributed by atoms with Crippen molar-refractivity contribution in [2.75, 3.05) is 24.6 Å². The van der Waals surface area contributed by atoms with E-state index in [2.05, 4.69) is 25.0 Å². The van der Waals surface area contributed by atoms with Gasteiger partial charge in [0, 0.05) is 24.3 Å². The summed E-state index contributed by atoms with van der Waals surface area (Å²) in [6.45, 7) is 7.07. The third-order valence-electron chi connectivity index (χ3n) is 4.63. The van der Waals surface area contributed by atoms with Crippen LogP contribution in [0, 0.1) is 13.8 Å². The van der Waals surface area contributed by atoms with Crippen molar-refractivity contribution in [2.24, 2.45) is 0 Å². The SMILES string of the molecule is Cc1nc(C)n(CC2CN(c3ncnc4c3CCC4)CCO2)n1. The lowest BCUT2D eigenvalue weighted by Crippen LogP contribution is -2.45. The van der Waals surface area contributed by atoms with Crippen LogP contribution in [0.3, 0.4) is 0 Å². The van der Waals surface area contributed by atoms with Crippen LogP contribution in [0.4, 0.5) is 5.82 Å². The van der Waals surface area contributed by atoms with Crippen LogP contribution >= 0.6 is 0 Å². The van der Waals surface area contributed by atoms with Crippen LogP contribution in [0.25, 0.3) is 0 Å². The molecule has 2 aromatic rings. The van der Waals surface area contributed by atoms with Gasteiger partial charge in [0.15, 0.2) is 0 Å². The maximum atomic E-state index is 5.94. The molecule has 122 valence electrons. The largest absolute Gasteiger partial charge is 0.373 e. The van der Waals surface area contributed by atoms with Crippen molar-refractivity contribution in [3.8, 4) is 0 Å². The molecule has 7 heteroatoms. The Kier molecular flexibility index (Phi) is 3.72. The Morgan fingerprint density at radius 3 is 3.00 bits per heavy atom. The standard InChI is InChI=1S/C16H22N6O/c1-11-19-12(2)22(20-11)9-13-8-21(6-7-23-13)16-14-4-3-5-15(14)17-10-18-16/h10,13H,3-9H2,1-2H3. The highest BCUT2D eigenvalue weighted by Gasteiger charge is 2.27. The van der Waals surface area contributed by atoms with E-state index in [-0.39, 0.29) is 6.10 Å². The Labute approximate surface area is 135 Å². The Hall–Kier alpha value is -2.02. The van der Waals surface area contributed by atoms with Gasteiger partial charge in [0.1, 0.15) is 23.8 Å². The van der Waals surface area contributed by atoms with Crippen molar-refractivity contribution in [1.82, 2.24) is 24.7 Å². The molecule has 0 spiro atoms. The van der Waals surface area contributed by atoms with Gasteiger partial charge in [-0.25, -0.2) is 19.6 Å². The molecular weight excluding hydrogens is 292 g/mol. The van der Waals surface area contributed by atoms with Crippen LogP contribution in [-0.2, 0) is 24.1 Å². The monoisotopic (exact) mass is 314 g/mol. The van der Waals surface area contributed by atoms with Crippen LogP contribution < -0.4 is 4.90 Å². The number of morpholine rings is 1. The first kappa shape index (κ1) is 14.6. The van der Waals surface area contributed by atoms with Crippen molar-refractivity contribution in [3.05, 3.63) is 29.2 Å². The van der Waals surface area contributed by atoms with E-state index in [1.165, 1.54) is 17.7 Å². The van der Waals surface area contributed by atoms with E-state index in [0.717, 1.165) is 56.5 Å². The van der Waals surface area contributed by atoms with Crippen molar-refractivity contribution in [3.63, 3.8) is 0 Å². The van der Waals surface area contributed by atoms with Gasteiger partial charge in [-0.2, -0.15) is 5.10 Å². The average Bonchev–Trinajstić information content (AvgIpc) is 3.14. The summed E-state index contributed by atoms with van der Waals surface area (Å²) in [5.74, 6) is 2.85. The normalized spacial score (nSPS) is 20.8. The van der Waals surface area contributed by atoms with E-state index < -0.39 is 0 Å². The molecule has 0 aromatic carbocycles. The molecule has 0 bridgehead atoms. The number of nitrogens with zero attached hydrogens (tertiary/aromatic N) is 6. The van der Waals surface area contributed by atoms with Gasteiger partial charge in [-0.15, -0.1) is 0 Å². The quantitative estimate of drug-likeness (QED) is 0.844. The zero-order valence-electron chi connectivity index (χ0n) is 13.7. The van der Waals surface area contributed by atoms with Crippen LogP contribution in [0.15, 0.2) is 6.33 Å². The summed E-state index contributed by atoms with van der Waals surface area (Å²) < 4.78 is 7.88. The molecule has 1 aliphatic heterocycles. The number of fused-ring (bicyclic) bond motifs is 1. The third kappa shape index (κ3) is 2.81. The van der Waals surface area contributed by atoms with Crippen molar-refractivity contribution in [2.45, 2.75) is 45.8 Å². The molecule has 1 atom stereocenters. The van der Waals surface area contributed by atoms with E-state index in [4.69, 9.17) is 4.74 Å². The number of rotatable bonds is 3. The highest BCUT2D eigenvalue weighted by molar-refractivity contribution is 5.50. The second-order valence-electron chi connectivity index (χ2n) is 6.30. The van der Waals surface area contributed by atoms with Crippen LogP contribution in [0.2, 0.25) is 0 Å². The minimum Gasteiger partial charge on any atom is -0.373 e. The van der Waals surface area contributed by atoms with Crippen LogP contribution in [-0.4, -0.2) is 50.5 Å². The number of aromatic nitrogens is 5. The van der Waals surface area contributed by atoms with Crippen molar-refractivity contribution in [1.29, 1.82) is 0 Å². The zero-order chi connectivity index (χ0) is 15.8. The molecule has 2 aromatic heterocycles. The number of aryl methyl sites for hydroxylation is 3. The first-order valence-electron chi connectivity index (χ1n) is 8.28. The fourth-order valence-electron chi connectivity index (χ4n) is 3.56. The second-order valence-corrected chi connectivity index (χ2v) is 6.30. The zero-order valence-corrected chi connectivity index (χ0v) is 13.7. The lowest BCUT2D eigenvalue weighted by Gasteiger charge is -2.34. The Morgan fingerprint density at radius 1 is 1.26 bits per heavy atom. The third-order valence-corrected chi connectivity index (χ3v) is 4.63. The van der Waals surface area contributed by atoms with Gasteiger partial charge in [-0.3, -0.25) is 0 Å². The van der Waals surface area contributed by atoms with Crippen LogP contribution in [0.5, 0.6) is 0 Å². The Bertz CT molecular complexity index is 713. The summed E-state index contributed by atoms with van der Waals surface area (Å²) in [6, 6.07) is 0. The topological polar surface area (TPSA) is 69.0 Å². The molecule has 1 unspecified atom stereocenters. The minimum absolute atomic E-state index is 0.107. The van der Waals surface area contributed by atoms with Gasteiger partial charge < -0.3 is 9.64 Å². The average molecular weight is 314 g/mol. The summed E-state index contributed by atoms with van der Waals surface area (Å²) in [4.78, 5) is 15.7. The smallest absolute Gasteiger partial charge is 0.147 e. The van der Waals surface area contributed by atoms with E-state index in [1.54, 1.807) is 6.33 Å². The lowest BCUT2D eigenvalue weighted by atomic mass is 10.2. The van der Waals surface area contributed by atoms with Gasteiger partial charge in [0.05, 0.1) is 19.3 Å². The molecule has 1 aliphatic carbocycles. The number of hydrogen-bond acceptors (Lipinski definition) is 6. The summed E-state index contributed by atoms with van der Waals surface area (Å²) in [7, 11) is 0. The number of anilines is 1. The highest BCUT2D eigenvalue weighted by atomic mass is 16.5. The summed E-state index contributed by atoms with van der Waals surface area (Å²) in [6.07, 6.45) is 5.17. The van der Waals surface area contributed by atoms with Crippen molar-refractivity contribution < 1.29 is 4.74 Å². The first-order chi connectivity index (χ1) is 11.2. The molecule has 0 saturated carbocycles. The molecule has 2 aliphatic rings. The summed E-state index contributed by atoms with van der Waals surface area (Å²) in [5, 5.41) is 4.44. The number of hydrogen-bond donors (Lipinski definition) is 0. The van der Waals surface area contributed by atoms with E-state index in [0.29, 0.717) is 0 Å². The first-order valence-corrected chi connectivity index (χ1v) is 8.28. The maximum absolute atomic E-state index is 5.94. The highest BCUT2D eigenvalue weighted by Crippen LogP contribution is 2.28. The molecule has 0 amide bonds. The van der Waals surface area contributed by atoms with Gasteiger partial charge in [0.2, 0.25) is 0 Å². The fraction of sp³-hybridized carbons (Fsp3) is 0.625. The van der Waals surface area contributed by atoms with E-state index >= 15 is 0 Å². The van der Waals surface area contributed by atoms with Crippen molar-refractivity contribution >= 4 is 5.82 Å². The second kappa shape index (κ2) is 5.88. The molecule has 0 N–H and O–H groups in total. The molecule has 1 fully saturated rings. The Morgan fingerprint density at radius 2 is 2.17 bits per heavy atom. The molecule has 1 saturated heterocycles. The molecule has 23 heavy (non-hydrogen) atoms. The van der Waals surface area contributed by atoms with Gasteiger partial charge >= 0.3 is 0 Å². The maximum Gasteiger partial charge on any atom is 0.147 e. The summed E-state index contributed by atoms with van der Waals surface area (Å²) in [5.41, 5.74) is 2.56. The predicted octanol–water partition coefficient (Wildman–Crippen LogP) is 1.08. The minimum atomic E-state index is 0.107. The molecule has 4 rings (SSSR count). The molecule has 3 heterocycles. The van der Waals surface area contributed by atoms with Gasteiger partial charge in [-0.05, 0) is 33.1 Å². The van der Waals surface area contributed by atoms with E-state index in [1.807, 2.05) is 18.5 Å². The predicted molar refractivity (Wildman–Crippen MR) is 85.5 cm³/mol. The molecule has 7 nitrogen and oxygen atoms in total. The lowest BCUT2D eigenvalue weighted by molar-refractivity contribution is 0.0266. The van der Waals surface area contributed by atoms with Crippen LogP contribution in [0.1, 0.15) is 29.3 Å². The Balaban J connectivity index is 1.51. The molecular formula is C16H22N6O. The molecule has 0 radical (unpaired) electrons. The van der Waals surface area contributed by atoms with E-state index in [9.17, 15) is 0 Å². The van der Waals surface area contributed by atoms with Gasteiger partial charge in [-0.1, -0.05) is 0 Å².